The SMILES string of the molecule is CC(C)CNCCCc1ccc(O)cc1. The van der Waals surface area contributed by atoms with Crippen LogP contribution in [0.1, 0.15) is 25.8 Å². The summed E-state index contributed by atoms with van der Waals surface area (Å²) in [6.07, 6.45) is 2.23. The van der Waals surface area contributed by atoms with E-state index in [1.807, 2.05) is 12.1 Å². The normalized spacial score (nSPS) is 10.9. The van der Waals surface area contributed by atoms with Gasteiger partial charge in [-0.2, -0.15) is 0 Å². The van der Waals surface area contributed by atoms with Crippen LogP contribution in [0.4, 0.5) is 0 Å². The molecule has 1 rings (SSSR count). The lowest BCUT2D eigenvalue weighted by Gasteiger charge is -2.07. The molecule has 0 aromatic heterocycles. The number of hydrogen-bond donors (Lipinski definition) is 2. The molecule has 2 N–H and O–H groups in total. The Hall–Kier alpha value is -1.02. The van der Waals surface area contributed by atoms with Gasteiger partial charge in [0.05, 0.1) is 0 Å². The van der Waals surface area contributed by atoms with Crippen LogP contribution in [-0.4, -0.2) is 18.2 Å². The predicted molar refractivity (Wildman–Crippen MR) is 64.1 cm³/mol. The van der Waals surface area contributed by atoms with Crippen molar-refractivity contribution >= 4 is 0 Å². The van der Waals surface area contributed by atoms with Crippen molar-refractivity contribution < 1.29 is 5.11 Å². The van der Waals surface area contributed by atoms with E-state index in [9.17, 15) is 0 Å². The van der Waals surface area contributed by atoms with Crippen molar-refractivity contribution in [1.82, 2.24) is 5.32 Å². The molecule has 1 aromatic rings. The third kappa shape index (κ3) is 5.43. The van der Waals surface area contributed by atoms with Gasteiger partial charge in [-0.05, 0) is 49.5 Å². The molecule has 0 aliphatic carbocycles. The largest absolute Gasteiger partial charge is 0.508 e. The van der Waals surface area contributed by atoms with Crippen LogP contribution in [0.3, 0.4) is 0 Å². The number of benzene rings is 1. The Morgan fingerprint density at radius 1 is 1.20 bits per heavy atom. The van der Waals surface area contributed by atoms with Crippen molar-refractivity contribution in [3.8, 4) is 5.75 Å². The number of nitrogens with one attached hydrogen (secondary N) is 1. The van der Waals surface area contributed by atoms with E-state index in [2.05, 4.69) is 19.2 Å². The van der Waals surface area contributed by atoms with Crippen molar-refractivity contribution in [2.75, 3.05) is 13.1 Å². The highest BCUT2D eigenvalue weighted by Crippen LogP contribution is 2.10. The first-order chi connectivity index (χ1) is 7.18. The molecule has 0 radical (unpaired) electrons. The highest BCUT2D eigenvalue weighted by atomic mass is 16.3. The average Bonchev–Trinajstić information content (AvgIpc) is 2.20. The van der Waals surface area contributed by atoms with E-state index in [0.717, 1.165) is 31.8 Å². The molecular weight excluding hydrogens is 186 g/mol. The molecule has 0 aliphatic rings. The van der Waals surface area contributed by atoms with Gasteiger partial charge in [0, 0.05) is 0 Å². The molecule has 84 valence electrons. The summed E-state index contributed by atoms with van der Waals surface area (Å²) in [5.74, 6) is 1.07. The quantitative estimate of drug-likeness (QED) is 0.703. The van der Waals surface area contributed by atoms with Crippen LogP contribution in [0.15, 0.2) is 24.3 Å². The number of phenols is 1. The Balaban J connectivity index is 2.12. The zero-order valence-corrected chi connectivity index (χ0v) is 9.66. The highest BCUT2D eigenvalue weighted by Gasteiger charge is 1.95. The van der Waals surface area contributed by atoms with Crippen LogP contribution in [0.25, 0.3) is 0 Å². The van der Waals surface area contributed by atoms with Gasteiger partial charge in [-0.25, -0.2) is 0 Å². The molecule has 0 heterocycles. The van der Waals surface area contributed by atoms with Crippen molar-refractivity contribution in [3.63, 3.8) is 0 Å². The maximum Gasteiger partial charge on any atom is 0.115 e. The van der Waals surface area contributed by atoms with E-state index in [-0.39, 0.29) is 0 Å². The Morgan fingerprint density at radius 2 is 1.87 bits per heavy atom. The molecule has 2 heteroatoms. The van der Waals surface area contributed by atoms with E-state index < -0.39 is 0 Å². The molecule has 0 atom stereocenters. The monoisotopic (exact) mass is 207 g/mol. The van der Waals surface area contributed by atoms with Gasteiger partial charge >= 0.3 is 0 Å². The fourth-order valence-corrected chi connectivity index (χ4v) is 1.47. The number of rotatable bonds is 6. The van der Waals surface area contributed by atoms with Crippen LogP contribution >= 0.6 is 0 Å². The molecule has 0 unspecified atom stereocenters. The molecule has 0 saturated carbocycles. The predicted octanol–water partition coefficient (Wildman–Crippen LogP) is 2.57. The molecule has 0 aliphatic heterocycles. The van der Waals surface area contributed by atoms with Crippen molar-refractivity contribution in [1.29, 1.82) is 0 Å². The van der Waals surface area contributed by atoms with Crippen LogP contribution in [0, 0.1) is 5.92 Å². The fourth-order valence-electron chi connectivity index (χ4n) is 1.47. The van der Waals surface area contributed by atoms with Crippen molar-refractivity contribution in [2.45, 2.75) is 26.7 Å². The molecule has 0 fully saturated rings. The first-order valence-corrected chi connectivity index (χ1v) is 5.67. The van der Waals surface area contributed by atoms with Crippen LogP contribution in [0.2, 0.25) is 0 Å². The number of hydrogen-bond acceptors (Lipinski definition) is 2. The summed E-state index contributed by atoms with van der Waals surface area (Å²) in [7, 11) is 0. The number of aryl methyl sites for hydroxylation is 1. The maximum absolute atomic E-state index is 9.12. The Bertz CT molecular complexity index is 266. The molecule has 0 amide bonds. The summed E-state index contributed by atoms with van der Waals surface area (Å²) in [6, 6.07) is 7.46. The van der Waals surface area contributed by atoms with Gasteiger partial charge in [0.15, 0.2) is 0 Å². The second kappa shape index (κ2) is 6.46. The van der Waals surface area contributed by atoms with Crippen molar-refractivity contribution in [2.24, 2.45) is 5.92 Å². The van der Waals surface area contributed by atoms with E-state index in [4.69, 9.17) is 5.11 Å². The summed E-state index contributed by atoms with van der Waals surface area (Å²) in [5.41, 5.74) is 1.29. The van der Waals surface area contributed by atoms with Gasteiger partial charge in [0.1, 0.15) is 5.75 Å². The first-order valence-electron chi connectivity index (χ1n) is 5.67. The topological polar surface area (TPSA) is 32.3 Å². The molecule has 2 nitrogen and oxygen atoms in total. The van der Waals surface area contributed by atoms with Crippen molar-refractivity contribution in [3.05, 3.63) is 29.8 Å². The second-order valence-corrected chi connectivity index (χ2v) is 4.37. The second-order valence-electron chi connectivity index (χ2n) is 4.37. The lowest BCUT2D eigenvalue weighted by Crippen LogP contribution is -2.21. The van der Waals surface area contributed by atoms with Gasteiger partial charge < -0.3 is 10.4 Å². The van der Waals surface area contributed by atoms with Gasteiger partial charge in [-0.15, -0.1) is 0 Å². The minimum absolute atomic E-state index is 0.344. The van der Waals surface area contributed by atoms with Gasteiger partial charge in [0.2, 0.25) is 0 Å². The Kier molecular flexibility index (Phi) is 5.19. The third-order valence-corrected chi connectivity index (χ3v) is 2.31. The zero-order valence-electron chi connectivity index (χ0n) is 9.66. The summed E-state index contributed by atoms with van der Waals surface area (Å²) < 4.78 is 0. The highest BCUT2D eigenvalue weighted by molar-refractivity contribution is 5.25. The molecule has 0 spiro atoms. The van der Waals surface area contributed by atoms with Gasteiger partial charge in [-0.3, -0.25) is 0 Å². The van der Waals surface area contributed by atoms with Crippen LogP contribution < -0.4 is 5.32 Å². The minimum Gasteiger partial charge on any atom is -0.508 e. The lowest BCUT2D eigenvalue weighted by atomic mass is 10.1. The van der Waals surface area contributed by atoms with E-state index in [0.29, 0.717) is 5.75 Å². The molecule has 0 saturated heterocycles. The molecule has 15 heavy (non-hydrogen) atoms. The number of phenolic OH excluding ortho intramolecular Hbond substituents is 1. The molecular formula is C13H21NO. The molecule has 1 aromatic carbocycles. The smallest absolute Gasteiger partial charge is 0.115 e. The lowest BCUT2D eigenvalue weighted by molar-refractivity contribution is 0.475. The molecule has 0 bridgehead atoms. The van der Waals surface area contributed by atoms with Crippen LogP contribution in [0.5, 0.6) is 5.75 Å². The van der Waals surface area contributed by atoms with Gasteiger partial charge in [-0.1, -0.05) is 26.0 Å². The summed E-state index contributed by atoms with van der Waals surface area (Å²) in [5, 5.41) is 12.5. The minimum atomic E-state index is 0.344. The average molecular weight is 207 g/mol. The maximum atomic E-state index is 9.12. The standard InChI is InChI=1S/C13H21NO/c1-11(2)10-14-9-3-4-12-5-7-13(15)8-6-12/h5-8,11,14-15H,3-4,9-10H2,1-2H3. The van der Waals surface area contributed by atoms with Crippen LogP contribution in [-0.2, 0) is 6.42 Å². The zero-order chi connectivity index (χ0) is 11.1. The van der Waals surface area contributed by atoms with E-state index in [1.54, 1.807) is 12.1 Å². The first kappa shape index (κ1) is 12.1. The summed E-state index contributed by atoms with van der Waals surface area (Å²) >= 11 is 0. The van der Waals surface area contributed by atoms with E-state index >= 15 is 0 Å². The fraction of sp³-hybridized carbons (Fsp3) is 0.538. The van der Waals surface area contributed by atoms with E-state index in [1.165, 1.54) is 5.56 Å². The third-order valence-electron chi connectivity index (χ3n) is 2.31. The Labute approximate surface area is 92.3 Å². The summed E-state index contributed by atoms with van der Waals surface area (Å²) in [6.45, 7) is 6.59. The van der Waals surface area contributed by atoms with Gasteiger partial charge in [0.25, 0.3) is 0 Å². The summed E-state index contributed by atoms with van der Waals surface area (Å²) in [4.78, 5) is 0. The Morgan fingerprint density at radius 3 is 2.47 bits per heavy atom. The number of aromatic hydroxyl groups is 1.